The Kier molecular flexibility index (Phi) is 19.6. The fourth-order valence-corrected chi connectivity index (χ4v) is 13.4. The normalized spacial score (nSPS) is 17.3. The third-order valence-electron chi connectivity index (χ3n) is 15.9. The molecule has 0 saturated heterocycles. The summed E-state index contributed by atoms with van der Waals surface area (Å²) in [6.07, 6.45) is 11.6. The molecular formula is C61H67N9O16S4. The number of unbranched alkanes of at least 4 members (excludes halogenated alkanes) is 2. The van der Waals surface area contributed by atoms with Crippen molar-refractivity contribution in [3.05, 3.63) is 176 Å². The monoisotopic (exact) mass is 1310 g/mol. The predicted octanol–water partition coefficient (Wildman–Crippen LogP) is 7.21. The third kappa shape index (κ3) is 15.6. The van der Waals surface area contributed by atoms with E-state index in [1.165, 1.54) is 36.5 Å². The molecule has 9 rings (SSSR count). The van der Waals surface area contributed by atoms with Gasteiger partial charge in [-0.15, -0.1) is 0 Å². The second kappa shape index (κ2) is 26.7. The standard InChI is InChI=1S/C61H67N9O16S4/c1-60(2)46-33-44(87(75)76)22-24-49(46)69(28-5-7-30-88(77,78)79)51(60)26-16-38-10-9-11-39(17-27-52-61(3,4)47-34-45(90(83,84)85)23-25-50(47)70(52)29-6-8-31-89(80,81)82)54(38)86-43-20-12-37(13-21-43)32-48(58(73)74)66-56(71)40-14-18-41(19-15-40)63-35-42-36-64-55-53(65-42)57(72)68-59(62)67-55/h12-27,33-34,36,48H,5-11,28-32,35H2,1-4H3,(H9-,62,63,64,66,67,68,71,72,73,74,75,76,77,78,79,80,81,82,83,84,85)/t48-/m0/s1. The number of fused-ring (bicyclic) bond motifs is 3. The van der Waals surface area contributed by atoms with E-state index in [-0.39, 0.29) is 64.8 Å². The zero-order valence-electron chi connectivity index (χ0n) is 49.4. The number of aromatic amines is 1. The van der Waals surface area contributed by atoms with Crippen LogP contribution in [0.3, 0.4) is 0 Å². The Bertz CT molecular complexity index is 4430. The molecule has 25 nitrogen and oxygen atoms in total. The number of rotatable bonds is 25. The van der Waals surface area contributed by atoms with Crippen molar-refractivity contribution in [1.29, 1.82) is 0 Å². The van der Waals surface area contributed by atoms with Crippen molar-refractivity contribution in [3.63, 3.8) is 0 Å². The molecule has 90 heavy (non-hydrogen) atoms. The van der Waals surface area contributed by atoms with Gasteiger partial charge in [0.05, 0.1) is 40.3 Å². The Hall–Kier alpha value is -8.29. The highest BCUT2D eigenvalue weighted by atomic mass is 32.2. The number of carboxylic acid groups (broad SMARTS) is 1. The van der Waals surface area contributed by atoms with Crippen molar-refractivity contribution in [2.75, 3.05) is 40.5 Å². The van der Waals surface area contributed by atoms with Gasteiger partial charge >= 0.3 is 5.97 Å². The fourth-order valence-electron chi connectivity index (χ4n) is 11.4. The molecule has 2 aliphatic heterocycles. The summed E-state index contributed by atoms with van der Waals surface area (Å²) in [7, 11) is -13.1. The van der Waals surface area contributed by atoms with Gasteiger partial charge in [-0.25, -0.2) is 14.8 Å². The lowest BCUT2D eigenvalue weighted by molar-refractivity contribution is -0.438. The van der Waals surface area contributed by atoms with Gasteiger partial charge in [-0.3, -0.25) is 32.4 Å². The molecule has 1 amide bonds. The minimum Gasteiger partial charge on any atom is -0.768 e. The van der Waals surface area contributed by atoms with Gasteiger partial charge in [0.2, 0.25) is 11.6 Å². The summed E-state index contributed by atoms with van der Waals surface area (Å²) in [5.41, 5.74) is 10.8. The molecule has 1 unspecified atom stereocenters. The molecule has 0 radical (unpaired) electrons. The number of aromatic nitrogens is 4. The second-order valence-electron chi connectivity index (χ2n) is 23.0. The minimum absolute atomic E-state index is 0.0174. The molecule has 0 spiro atoms. The molecule has 3 aliphatic rings. The van der Waals surface area contributed by atoms with E-state index >= 15 is 0 Å². The fraction of sp³-hybridized carbons (Fsp3) is 0.328. The number of carboxylic acids is 1. The van der Waals surface area contributed by atoms with Gasteiger partial charge in [-0.2, -0.15) is 34.8 Å². The van der Waals surface area contributed by atoms with E-state index in [2.05, 4.69) is 30.6 Å². The van der Waals surface area contributed by atoms with Crippen LogP contribution in [0.5, 0.6) is 5.75 Å². The zero-order chi connectivity index (χ0) is 65.1. The lowest BCUT2D eigenvalue weighted by Gasteiger charge is -2.27. The van der Waals surface area contributed by atoms with Crippen LogP contribution in [0.2, 0.25) is 0 Å². The Balaban J connectivity index is 1.02. The topological polar surface area (TPSA) is 395 Å². The highest BCUT2D eigenvalue weighted by molar-refractivity contribution is 7.86. The molecule has 4 aromatic carbocycles. The summed E-state index contributed by atoms with van der Waals surface area (Å²) in [4.78, 5) is 55.1. The number of nitrogen functional groups attached to an aromatic ring is 1. The molecule has 0 bridgehead atoms. The highest BCUT2D eigenvalue weighted by Gasteiger charge is 2.45. The quantitative estimate of drug-likeness (QED) is 0.0121. The SMILES string of the molecule is CC1(C)C(=CC=C2CCCC(C=CC3=[N+](CCCCS(=O)(=O)O)c4ccc(S(=O)(=O)O)cc4C3(C)C)=C2Oc2ccc(C[C@H](NC(=O)c3ccc(NCc4cnc5nc(N)[nH]c(=O)c5n4)cc3)C(=O)O)cc2)N(CCCCS(=O)(=O)O)c2ccc(S(=O)[O-])cc21. The number of H-pyrrole nitrogens is 1. The Labute approximate surface area is 522 Å². The number of benzene rings is 4. The van der Waals surface area contributed by atoms with Crippen molar-refractivity contribution >= 4 is 93.2 Å². The molecule has 6 aromatic rings. The summed E-state index contributed by atoms with van der Waals surface area (Å²) in [5.74, 6) is -2.11. The average Bonchev–Trinajstić information content (AvgIpc) is 1.60. The number of nitrogens with two attached hydrogens (primary N) is 1. The largest absolute Gasteiger partial charge is 0.768 e. The first-order valence-electron chi connectivity index (χ1n) is 28.5. The minimum atomic E-state index is -4.61. The first kappa shape index (κ1) is 66.1. The number of carbonyl (C=O) groups excluding carboxylic acids is 1. The Morgan fingerprint density at radius 2 is 1.56 bits per heavy atom. The van der Waals surface area contributed by atoms with Crippen LogP contribution in [0.1, 0.15) is 105 Å². The van der Waals surface area contributed by atoms with Crippen molar-refractivity contribution in [2.45, 2.75) is 112 Å². The van der Waals surface area contributed by atoms with Crippen LogP contribution in [0.25, 0.3) is 11.2 Å². The van der Waals surface area contributed by atoms with Gasteiger partial charge in [-0.05, 0) is 165 Å². The van der Waals surface area contributed by atoms with Crippen molar-refractivity contribution in [2.24, 2.45) is 0 Å². The van der Waals surface area contributed by atoms with E-state index < -0.39 is 87.2 Å². The number of nitrogens with one attached hydrogen (secondary N) is 3. The van der Waals surface area contributed by atoms with Crippen molar-refractivity contribution < 1.29 is 71.7 Å². The first-order valence-corrected chi connectivity index (χ1v) is 34.3. The van der Waals surface area contributed by atoms with E-state index in [4.69, 9.17) is 10.5 Å². The molecule has 29 heteroatoms. The van der Waals surface area contributed by atoms with E-state index in [9.17, 15) is 67.2 Å². The molecule has 1 aliphatic carbocycles. The second-order valence-corrected chi connectivity index (χ2v) is 28.5. The molecule has 0 saturated carbocycles. The van der Waals surface area contributed by atoms with Gasteiger partial charge in [0.15, 0.2) is 16.9 Å². The van der Waals surface area contributed by atoms with Crippen LogP contribution in [-0.4, -0.2) is 126 Å². The first-order chi connectivity index (χ1) is 42.4. The summed E-state index contributed by atoms with van der Waals surface area (Å²) in [6.45, 7) is 8.44. The maximum Gasteiger partial charge on any atom is 0.326 e. The number of aliphatic carboxylic acids is 1. The Morgan fingerprint density at radius 3 is 2.22 bits per heavy atom. The van der Waals surface area contributed by atoms with Crippen LogP contribution in [0.4, 0.5) is 23.0 Å². The number of hydrogen-bond donors (Lipinski definition) is 8. The van der Waals surface area contributed by atoms with Crippen LogP contribution in [-0.2, 0) is 70.0 Å². The zero-order valence-corrected chi connectivity index (χ0v) is 52.6. The maximum atomic E-state index is 13.5. The molecule has 9 N–H and O–H groups in total. The number of allylic oxidation sites excluding steroid dienone is 7. The number of hydrogen-bond acceptors (Lipinski definition) is 18. The molecule has 2 atom stereocenters. The summed E-state index contributed by atoms with van der Waals surface area (Å²) in [6, 6.07) is 20.7. The molecule has 2 aromatic heterocycles. The molecule has 4 heterocycles. The lowest BCUT2D eigenvalue weighted by atomic mass is 9.81. The summed E-state index contributed by atoms with van der Waals surface area (Å²) in [5, 5.41) is 16.1. The van der Waals surface area contributed by atoms with E-state index in [1.54, 1.807) is 54.6 Å². The van der Waals surface area contributed by atoms with Crippen LogP contribution < -0.4 is 31.6 Å². The van der Waals surface area contributed by atoms with Crippen LogP contribution >= 0.6 is 0 Å². The summed E-state index contributed by atoms with van der Waals surface area (Å²) >= 11 is -2.54. The van der Waals surface area contributed by atoms with E-state index in [0.29, 0.717) is 84.1 Å². The van der Waals surface area contributed by atoms with Gasteiger partial charge < -0.3 is 35.7 Å². The Morgan fingerprint density at radius 1 is 0.856 bits per heavy atom. The lowest BCUT2D eigenvalue weighted by Crippen LogP contribution is -2.42. The number of anilines is 3. The number of nitrogens with zero attached hydrogens (tertiary/aromatic N) is 5. The van der Waals surface area contributed by atoms with Crippen LogP contribution in [0.15, 0.2) is 153 Å². The smallest absolute Gasteiger partial charge is 0.326 e. The average molecular weight is 1310 g/mol. The number of ether oxygens (including phenoxy) is 1. The van der Waals surface area contributed by atoms with Gasteiger partial charge in [0, 0.05) is 70.0 Å². The van der Waals surface area contributed by atoms with Gasteiger partial charge in [0.25, 0.3) is 41.8 Å². The van der Waals surface area contributed by atoms with E-state index in [0.717, 1.165) is 28.1 Å². The number of carbonyl (C=O) groups is 2. The van der Waals surface area contributed by atoms with Crippen molar-refractivity contribution in [1.82, 2.24) is 25.3 Å². The van der Waals surface area contributed by atoms with Gasteiger partial charge in [0.1, 0.15) is 24.1 Å². The van der Waals surface area contributed by atoms with E-state index in [1.807, 2.05) is 61.5 Å². The highest BCUT2D eigenvalue weighted by Crippen LogP contribution is 2.49. The maximum absolute atomic E-state index is 13.5. The van der Waals surface area contributed by atoms with Crippen LogP contribution in [0, 0.1) is 0 Å². The van der Waals surface area contributed by atoms with Crippen molar-refractivity contribution in [3.8, 4) is 5.75 Å². The molecule has 0 fully saturated rings. The third-order valence-corrected chi connectivity index (χ3v) is 19.0. The van der Waals surface area contributed by atoms with Gasteiger partial charge in [-0.1, -0.05) is 32.1 Å². The summed E-state index contributed by atoms with van der Waals surface area (Å²) < 4.78 is 134. The predicted molar refractivity (Wildman–Crippen MR) is 336 cm³/mol. The molecule has 476 valence electrons. The number of amides is 1. The molecular weight excluding hydrogens is 1240 g/mol.